The van der Waals surface area contributed by atoms with Crippen LogP contribution in [0.1, 0.15) is 61.8 Å². The Morgan fingerprint density at radius 3 is 2.57 bits per heavy atom. The Morgan fingerprint density at radius 1 is 1.43 bits per heavy atom. The maximum absolute atomic E-state index is 12.2. The topological polar surface area (TPSA) is 84.2 Å². The number of hydrogen-bond acceptors (Lipinski definition) is 3. The molecule has 2 rings (SSSR count). The number of carboxylic acid groups (broad SMARTS) is 1. The van der Waals surface area contributed by atoms with E-state index in [1.54, 1.807) is 6.07 Å². The van der Waals surface area contributed by atoms with Crippen LogP contribution in [0.15, 0.2) is 6.07 Å². The first kappa shape index (κ1) is 15.5. The second-order valence-corrected chi connectivity index (χ2v) is 5.76. The summed E-state index contributed by atoms with van der Waals surface area (Å²) in [5.74, 6) is -1.31. The number of hydrogen-bond donors (Lipinski definition) is 2. The van der Waals surface area contributed by atoms with Crippen LogP contribution in [0.25, 0.3) is 0 Å². The highest BCUT2D eigenvalue weighted by Crippen LogP contribution is 2.27. The number of nitrogens with zero attached hydrogens (tertiary/aromatic N) is 2. The Labute approximate surface area is 124 Å². The number of rotatable bonds is 6. The molecule has 0 saturated heterocycles. The van der Waals surface area contributed by atoms with Crippen LogP contribution in [0.2, 0.25) is 0 Å². The summed E-state index contributed by atoms with van der Waals surface area (Å²) in [6, 6.07) is 2.06. The molecule has 1 fully saturated rings. The summed E-state index contributed by atoms with van der Waals surface area (Å²) in [4.78, 5) is 22.9. The molecule has 21 heavy (non-hydrogen) atoms. The first-order chi connectivity index (χ1) is 9.96. The van der Waals surface area contributed by atoms with E-state index in [1.165, 1.54) is 0 Å². The van der Waals surface area contributed by atoms with Crippen molar-refractivity contribution >= 4 is 11.9 Å². The number of nitrogens with one attached hydrogen (secondary N) is 1. The van der Waals surface area contributed by atoms with Crippen molar-refractivity contribution in [3.63, 3.8) is 0 Å². The fourth-order valence-corrected chi connectivity index (χ4v) is 2.80. The summed E-state index contributed by atoms with van der Waals surface area (Å²) in [5, 5.41) is 16.1. The SMILES string of the molecule is CCC(CC)n1nc(C(=O)NC2CC(C(=O)O)C2)cc1C. The van der Waals surface area contributed by atoms with Crippen molar-refractivity contribution in [1.82, 2.24) is 15.1 Å². The molecule has 6 heteroatoms. The van der Waals surface area contributed by atoms with Gasteiger partial charge < -0.3 is 10.4 Å². The number of carbonyl (C=O) groups is 2. The zero-order valence-corrected chi connectivity index (χ0v) is 12.8. The molecule has 1 aliphatic rings. The predicted molar refractivity (Wildman–Crippen MR) is 78.2 cm³/mol. The average molecular weight is 293 g/mol. The molecule has 0 aromatic carbocycles. The van der Waals surface area contributed by atoms with Crippen molar-refractivity contribution < 1.29 is 14.7 Å². The summed E-state index contributed by atoms with van der Waals surface area (Å²) in [6.07, 6.45) is 2.96. The number of carboxylic acids is 1. The Hall–Kier alpha value is -1.85. The molecule has 2 N–H and O–H groups in total. The maximum atomic E-state index is 12.2. The van der Waals surface area contributed by atoms with Gasteiger partial charge >= 0.3 is 5.97 Å². The molecular weight excluding hydrogens is 270 g/mol. The summed E-state index contributed by atoms with van der Waals surface area (Å²) in [5.41, 5.74) is 1.39. The molecular formula is C15H23N3O3. The molecule has 0 aliphatic heterocycles. The van der Waals surface area contributed by atoms with Gasteiger partial charge in [0, 0.05) is 11.7 Å². The van der Waals surface area contributed by atoms with Gasteiger partial charge in [0.25, 0.3) is 5.91 Å². The van der Waals surface area contributed by atoms with Crippen LogP contribution in [0.4, 0.5) is 0 Å². The third-order valence-electron chi connectivity index (χ3n) is 4.27. The molecule has 0 atom stereocenters. The van der Waals surface area contributed by atoms with E-state index in [1.807, 2.05) is 11.6 Å². The molecule has 0 bridgehead atoms. The van der Waals surface area contributed by atoms with Gasteiger partial charge in [0.15, 0.2) is 0 Å². The van der Waals surface area contributed by atoms with Crippen LogP contribution in [0, 0.1) is 12.8 Å². The lowest BCUT2D eigenvalue weighted by atomic mass is 9.80. The molecule has 1 saturated carbocycles. The van der Waals surface area contributed by atoms with Gasteiger partial charge in [0.05, 0.1) is 12.0 Å². The van der Waals surface area contributed by atoms with Gasteiger partial charge in [0.2, 0.25) is 0 Å². The predicted octanol–water partition coefficient (Wildman–Crippen LogP) is 2.15. The van der Waals surface area contributed by atoms with E-state index in [9.17, 15) is 9.59 Å². The largest absolute Gasteiger partial charge is 0.481 e. The first-order valence-corrected chi connectivity index (χ1v) is 7.56. The Kier molecular flexibility index (Phi) is 4.65. The zero-order chi connectivity index (χ0) is 15.6. The Balaban J connectivity index is 1.98. The van der Waals surface area contributed by atoms with Crippen LogP contribution in [0.5, 0.6) is 0 Å². The third-order valence-corrected chi connectivity index (χ3v) is 4.27. The number of aryl methyl sites for hydroxylation is 1. The van der Waals surface area contributed by atoms with Gasteiger partial charge in [0.1, 0.15) is 5.69 Å². The van der Waals surface area contributed by atoms with Gasteiger partial charge in [-0.25, -0.2) is 0 Å². The van der Waals surface area contributed by atoms with E-state index in [0.29, 0.717) is 24.6 Å². The zero-order valence-electron chi connectivity index (χ0n) is 12.8. The third kappa shape index (κ3) is 3.25. The molecule has 1 amide bonds. The lowest BCUT2D eigenvalue weighted by Gasteiger charge is -2.32. The number of aliphatic carboxylic acids is 1. The number of carbonyl (C=O) groups excluding carboxylic acids is 1. The van der Waals surface area contributed by atoms with Gasteiger partial charge in [-0.2, -0.15) is 5.10 Å². The molecule has 116 valence electrons. The lowest BCUT2D eigenvalue weighted by molar-refractivity contribution is -0.145. The van der Waals surface area contributed by atoms with Crippen LogP contribution in [0.3, 0.4) is 0 Å². The smallest absolute Gasteiger partial charge is 0.306 e. The van der Waals surface area contributed by atoms with Crippen molar-refractivity contribution in [2.24, 2.45) is 5.92 Å². The van der Waals surface area contributed by atoms with E-state index < -0.39 is 5.97 Å². The van der Waals surface area contributed by atoms with Gasteiger partial charge in [-0.05, 0) is 38.7 Å². The molecule has 6 nitrogen and oxygen atoms in total. The van der Waals surface area contributed by atoms with Crippen molar-refractivity contribution in [3.05, 3.63) is 17.5 Å². The summed E-state index contributed by atoms with van der Waals surface area (Å²) >= 11 is 0. The van der Waals surface area contributed by atoms with Crippen molar-refractivity contribution in [3.8, 4) is 0 Å². The first-order valence-electron chi connectivity index (χ1n) is 7.56. The summed E-state index contributed by atoms with van der Waals surface area (Å²) in [6.45, 7) is 6.16. The second-order valence-electron chi connectivity index (χ2n) is 5.76. The number of aromatic nitrogens is 2. The summed E-state index contributed by atoms with van der Waals surface area (Å²) < 4.78 is 1.91. The van der Waals surface area contributed by atoms with Crippen LogP contribution < -0.4 is 5.32 Å². The summed E-state index contributed by atoms with van der Waals surface area (Å²) in [7, 11) is 0. The van der Waals surface area contributed by atoms with Crippen LogP contribution in [-0.4, -0.2) is 32.8 Å². The standard InChI is InChI=1S/C15H23N3O3/c1-4-12(5-2)18-9(3)6-13(17-18)14(19)16-11-7-10(8-11)15(20)21/h6,10-12H,4-5,7-8H2,1-3H3,(H,16,19)(H,20,21). The van der Waals surface area contributed by atoms with Crippen molar-refractivity contribution in [1.29, 1.82) is 0 Å². The van der Waals surface area contributed by atoms with Gasteiger partial charge in [-0.3, -0.25) is 14.3 Å². The van der Waals surface area contributed by atoms with E-state index in [2.05, 4.69) is 24.3 Å². The molecule has 1 aromatic rings. The second kappa shape index (κ2) is 6.28. The normalized spacial score (nSPS) is 21.1. The molecule has 0 spiro atoms. The van der Waals surface area contributed by atoms with Crippen LogP contribution in [-0.2, 0) is 4.79 Å². The number of amides is 1. The van der Waals surface area contributed by atoms with Gasteiger partial charge in [-0.15, -0.1) is 0 Å². The average Bonchev–Trinajstić information content (AvgIpc) is 2.77. The van der Waals surface area contributed by atoms with E-state index in [0.717, 1.165) is 18.5 Å². The minimum atomic E-state index is -0.783. The highest BCUT2D eigenvalue weighted by Gasteiger charge is 2.35. The monoisotopic (exact) mass is 293 g/mol. The minimum absolute atomic E-state index is 0.0443. The quantitative estimate of drug-likeness (QED) is 0.841. The highest BCUT2D eigenvalue weighted by molar-refractivity contribution is 5.92. The molecule has 1 aromatic heterocycles. The molecule has 0 unspecified atom stereocenters. The molecule has 0 radical (unpaired) electrons. The van der Waals surface area contributed by atoms with Gasteiger partial charge in [-0.1, -0.05) is 13.8 Å². The maximum Gasteiger partial charge on any atom is 0.306 e. The Bertz CT molecular complexity index is 528. The van der Waals surface area contributed by atoms with E-state index in [-0.39, 0.29) is 17.9 Å². The minimum Gasteiger partial charge on any atom is -0.481 e. The fourth-order valence-electron chi connectivity index (χ4n) is 2.80. The van der Waals surface area contributed by atoms with E-state index >= 15 is 0 Å². The molecule has 1 aliphatic carbocycles. The van der Waals surface area contributed by atoms with Crippen molar-refractivity contribution in [2.75, 3.05) is 0 Å². The Morgan fingerprint density at radius 2 is 2.05 bits per heavy atom. The highest BCUT2D eigenvalue weighted by atomic mass is 16.4. The lowest BCUT2D eigenvalue weighted by Crippen LogP contribution is -2.46. The van der Waals surface area contributed by atoms with Crippen molar-refractivity contribution in [2.45, 2.75) is 58.5 Å². The van der Waals surface area contributed by atoms with E-state index in [4.69, 9.17) is 5.11 Å². The van der Waals surface area contributed by atoms with Crippen LogP contribution >= 0.6 is 0 Å². The molecule has 1 heterocycles. The fraction of sp³-hybridized carbons (Fsp3) is 0.667.